The van der Waals surface area contributed by atoms with Gasteiger partial charge in [0.2, 0.25) is 0 Å². The summed E-state index contributed by atoms with van der Waals surface area (Å²) in [5.74, 6) is 1.96. The molecule has 30 heavy (non-hydrogen) atoms. The Morgan fingerprint density at radius 2 is 1.63 bits per heavy atom. The van der Waals surface area contributed by atoms with E-state index in [0.29, 0.717) is 29.1 Å². The lowest BCUT2D eigenvalue weighted by Gasteiger charge is -2.62. The third-order valence-corrected chi connectivity index (χ3v) is 10.2. The van der Waals surface area contributed by atoms with Crippen LogP contribution in [0.15, 0.2) is 0 Å². The first kappa shape index (κ1) is 22.1. The van der Waals surface area contributed by atoms with E-state index in [4.69, 9.17) is 9.47 Å². The van der Waals surface area contributed by atoms with Gasteiger partial charge in [0.25, 0.3) is 0 Å². The standard InChI is InChI=1S/C25H40O5/c1-15(29-16(2)26)25(28)13-10-22-20-7-6-18-14-19(30-17(3)27)8-11-23(18,4)21(20)9-12-24(22,25)5/h15,18-22,28H,6-14H2,1-5H3/t15?,18-,19-,20+,21-,22+,23-,24-,25+/m0/s1. The van der Waals surface area contributed by atoms with Crippen LogP contribution in [0.25, 0.3) is 0 Å². The van der Waals surface area contributed by atoms with E-state index >= 15 is 0 Å². The molecule has 9 atom stereocenters. The van der Waals surface area contributed by atoms with Gasteiger partial charge in [0.1, 0.15) is 17.8 Å². The Hall–Kier alpha value is -1.10. The zero-order valence-electron chi connectivity index (χ0n) is 19.4. The van der Waals surface area contributed by atoms with E-state index in [1.165, 1.54) is 26.7 Å². The summed E-state index contributed by atoms with van der Waals surface area (Å²) >= 11 is 0. The molecular weight excluding hydrogens is 380 g/mol. The number of aliphatic hydroxyl groups is 1. The maximum Gasteiger partial charge on any atom is 0.302 e. The Bertz CT molecular complexity index is 706. The van der Waals surface area contributed by atoms with E-state index < -0.39 is 11.7 Å². The molecule has 0 bridgehead atoms. The van der Waals surface area contributed by atoms with Gasteiger partial charge in [-0.05, 0) is 93.8 Å². The Balaban J connectivity index is 1.54. The Morgan fingerprint density at radius 1 is 0.933 bits per heavy atom. The van der Waals surface area contributed by atoms with Gasteiger partial charge in [0.15, 0.2) is 0 Å². The van der Waals surface area contributed by atoms with Crippen LogP contribution in [0.1, 0.15) is 92.4 Å². The fraction of sp³-hybridized carbons (Fsp3) is 0.920. The van der Waals surface area contributed by atoms with E-state index in [2.05, 4.69) is 13.8 Å². The summed E-state index contributed by atoms with van der Waals surface area (Å²) in [6.45, 7) is 9.57. The highest BCUT2D eigenvalue weighted by Crippen LogP contribution is 2.68. The molecule has 0 heterocycles. The van der Waals surface area contributed by atoms with Crippen LogP contribution in [0.2, 0.25) is 0 Å². The SMILES string of the molecule is CC(=O)OC(C)[C@]1(O)CC[C@@H]2[C@@H]3CC[C@H]4C[C@@H](OC(C)=O)CC[C@]4(C)[C@H]3CC[C@@]21C. The lowest BCUT2D eigenvalue weighted by molar-refractivity contribution is -0.201. The van der Waals surface area contributed by atoms with Gasteiger partial charge in [-0.2, -0.15) is 0 Å². The minimum atomic E-state index is -0.932. The third kappa shape index (κ3) is 3.22. The first-order chi connectivity index (χ1) is 14.0. The number of rotatable bonds is 3. The smallest absolute Gasteiger partial charge is 0.302 e. The van der Waals surface area contributed by atoms with E-state index in [1.807, 2.05) is 6.92 Å². The molecule has 170 valence electrons. The lowest BCUT2D eigenvalue weighted by Crippen LogP contribution is -2.60. The van der Waals surface area contributed by atoms with E-state index in [-0.39, 0.29) is 23.5 Å². The lowest BCUT2D eigenvalue weighted by atomic mass is 9.44. The molecule has 0 aliphatic heterocycles. The van der Waals surface area contributed by atoms with Crippen LogP contribution in [0.3, 0.4) is 0 Å². The van der Waals surface area contributed by atoms with Crippen LogP contribution in [0.4, 0.5) is 0 Å². The fourth-order valence-corrected chi connectivity index (χ4v) is 8.63. The van der Waals surface area contributed by atoms with Gasteiger partial charge in [-0.15, -0.1) is 0 Å². The van der Waals surface area contributed by atoms with Crippen molar-refractivity contribution in [3.63, 3.8) is 0 Å². The summed E-state index contributed by atoms with van der Waals surface area (Å²) in [4.78, 5) is 23.0. The second kappa shape index (κ2) is 7.50. The monoisotopic (exact) mass is 420 g/mol. The molecule has 1 N–H and O–H groups in total. The molecule has 0 aromatic carbocycles. The highest BCUT2D eigenvalue weighted by Gasteiger charge is 2.66. The number of ether oxygens (including phenoxy) is 2. The van der Waals surface area contributed by atoms with Crippen LogP contribution in [0, 0.1) is 34.5 Å². The number of esters is 2. The first-order valence-electron chi connectivity index (χ1n) is 12.1. The Kier molecular flexibility index (Phi) is 5.52. The van der Waals surface area contributed by atoms with Crippen molar-refractivity contribution >= 4 is 11.9 Å². The van der Waals surface area contributed by atoms with Crippen molar-refractivity contribution in [1.29, 1.82) is 0 Å². The molecule has 4 aliphatic carbocycles. The largest absolute Gasteiger partial charge is 0.463 e. The molecule has 0 radical (unpaired) electrons. The number of carbonyl (C=O) groups excluding carboxylic acids is 2. The second-order valence-electron chi connectivity index (χ2n) is 11.3. The Morgan fingerprint density at radius 3 is 2.30 bits per heavy atom. The molecule has 4 fully saturated rings. The second-order valence-corrected chi connectivity index (χ2v) is 11.3. The van der Waals surface area contributed by atoms with Crippen LogP contribution >= 0.6 is 0 Å². The van der Waals surface area contributed by atoms with Crippen molar-refractivity contribution in [3.05, 3.63) is 0 Å². The maximum absolute atomic E-state index is 11.7. The number of hydrogen-bond donors (Lipinski definition) is 1. The van der Waals surface area contributed by atoms with Crippen molar-refractivity contribution in [3.8, 4) is 0 Å². The zero-order valence-corrected chi connectivity index (χ0v) is 19.4. The summed E-state index contributed by atoms with van der Waals surface area (Å²) in [7, 11) is 0. The van der Waals surface area contributed by atoms with Crippen molar-refractivity contribution in [2.45, 2.75) is 110 Å². The molecule has 4 rings (SSSR count). The summed E-state index contributed by atoms with van der Waals surface area (Å²) in [6.07, 6.45) is 9.02. The normalized spacial score (nSPS) is 48.7. The van der Waals surface area contributed by atoms with Crippen molar-refractivity contribution in [1.82, 2.24) is 0 Å². The molecule has 0 aromatic rings. The average molecular weight is 421 g/mol. The molecule has 1 unspecified atom stereocenters. The van der Waals surface area contributed by atoms with Crippen LogP contribution < -0.4 is 0 Å². The molecular formula is C25H40O5. The van der Waals surface area contributed by atoms with Crippen LogP contribution in [-0.2, 0) is 19.1 Å². The van der Waals surface area contributed by atoms with Gasteiger partial charge in [0, 0.05) is 19.3 Å². The average Bonchev–Trinajstić information content (AvgIpc) is 2.93. The predicted molar refractivity (Wildman–Crippen MR) is 113 cm³/mol. The molecule has 0 aromatic heterocycles. The summed E-state index contributed by atoms with van der Waals surface area (Å²) in [6, 6.07) is 0. The summed E-state index contributed by atoms with van der Waals surface area (Å²) < 4.78 is 11.1. The quantitative estimate of drug-likeness (QED) is 0.673. The summed E-state index contributed by atoms with van der Waals surface area (Å²) in [5.41, 5.74) is -0.816. The van der Waals surface area contributed by atoms with Crippen LogP contribution in [-0.4, -0.2) is 34.9 Å². The van der Waals surface area contributed by atoms with Gasteiger partial charge in [-0.1, -0.05) is 13.8 Å². The van der Waals surface area contributed by atoms with Crippen molar-refractivity contribution in [2.75, 3.05) is 0 Å². The molecule has 5 nitrogen and oxygen atoms in total. The van der Waals surface area contributed by atoms with Gasteiger partial charge >= 0.3 is 11.9 Å². The third-order valence-electron chi connectivity index (χ3n) is 10.2. The van der Waals surface area contributed by atoms with Gasteiger partial charge in [0.05, 0.1) is 0 Å². The van der Waals surface area contributed by atoms with E-state index in [9.17, 15) is 14.7 Å². The summed E-state index contributed by atoms with van der Waals surface area (Å²) in [5, 5.41) is 11.7. The zero-order chi connectivity index (χ0) is 21.9. The predicted octanol–water partition coefficient (Wildman–Crippen LogP) is 4.64. The molecule has 0 saturated heterocycles. The van der Waals surface area contributed by atoms with Crippen molar-refractivity contribution < 1.29 is 24.2 Å². The molecule has 0 spiro atoms. The number of hydrogen-bond acceptors (Lipinski definition) is 5. The molecule has 0 amide bonds. The molecule has 5 heteroatoms. The van der Waals surface area contributed by atoms with Crippen LogP contribution in [0.5, 0.6) is 0 Å². The minimum absolute atomic E-state index is 0.0899. The van der Waals surface area contributed by atoms with Gasteiger partial charge in [-0.25, -0.2) is 0 Å². The van der Waals surface area contributed by atoms with Gasteiger partial charge in [-0.3, -0.25) is 9.59 Å². The molecule has 4 saturated carbocycles. The minimum Gasteiger partial charge on any atom is -0.463 e. The highest BCUT2D eigenvalue weighted by molar-refractivity contribution is 5.66. The van der Waals surface area contributed by atoms with E-state index in [1.54, 1.807) is 0 Å². The van der Waals surface area contributed by atoms with Gasteiger partial charge < -0.3 is 14.6 Å². The Labute approximate surface area is 181 Å². The maximum atomic E-state index is 11.7. The first-order valence-corrected chi connectivity index (χ1v) is 12.1. The number of carbonyl (C=O) groups is 2. The topological polar surface area (TPSA) is 72.8 Å². The number of fused-ring (bicyclic) bond motifs is 5. The highest BCUT2D eigenvalue weighted by atomic mass is 16.6. The fourth-order valence-electron chi connectivity index (χ4n) is 8.63. The van der Waals surface area contributed by atoms with Crippen molar-refractivity contribution in [2.24, 2.45) is 34.5 Å². The molecule has 4 aliphatic rings. The van der Waals surface area contributed by atoms with E-state index in [0.717, 1.165) is 44.9 Å².